The van der Waals surface area contributed by atoms with Crippen molar-refractivity contribution in [2.45, 2.75) is 0 Å². The van der Waals surface area contributed by atoms with Gasteiger partial charge in [-0.3, -0.25) is 14.9 Å². The van der Waals surface area contributed by atoms with Gasteiger partial charge in [0.1, 0.15) is 0 Å². The number of nitrogens with two attached hydrogens (primary N) is 1. The van der Waals surface area contributed by atoms with E-state index in [1.165, 1.54) is 12.1 Å². The lowest BCUT2D eigenvalue weighted by molar-refractivity contribution is -0.385. The Labute approximate surface area is 95.3 Å². The minimum atomic E-state index is -1.32. The van der Waals surface area contributed by atoms with Crippen LogP contribution in [0.25, 0.3) is 6.08 Å². The monoisotopic (exact) mass is 236 g/mol. The molecule has 7 nitrogen and oxygen atoms in total. The van der Waals surface area contributed by atoms with Crippen molar-refractivity contribution in [3.63, 3.8) is 0 Å². The fourth-order valence-corrected chi connectivity index (χ4v) is 1.24. The molecular weight excluding hydrogens is 228 g/mol. The number of nitro benzene ring substituents is 1. The maximum atomic E-state index is 10.9. The molecule has 0 aliphatic heterocycles. The van der Waals surface area contributed by atoms with E-state index in [1.54, 1.807) is 0 Å². The number of primary amides is 1. The van der Waals surface area contributed by atoms with Crippen LogP contribution in [0.2, 0.25) is 0 Å². The minimum Gasteiger partial charge on any atom is -0.478 e. The summed E-state index contributed by atoms with van der Waals surface area (Å²) < 4.78 is 0. The summed E-state index contributed by atoms with van der Waals surface area (Å²) in [4.78, 5) is 31.4. The second-order valence-corrected chi connectivity index (χ2v) is 3.04. The summed E-state index contributed by atoms with van der Waals surface area (Å²) in [6.07, 6.45) is 1.89. The lowest BCUT2D eigenvalue weighted by Crippen LogP contribution is -2.07. The van der Waals surface area contributed by atoms with Crippen molar-refractivity contribution in [1.82, 2.24) is 0 Å². The van der Waals surface area contributed by atoms with E-state index in [0.29, 0.717) is 0 Å². The van der Waals surface area contributed by atoms with Gasteiger partial charge in [0.2, 0.25) is 5.91 Å². The maximum Gasteiger partial charge on any atom is 0.336 e. The molecule has 7 heteroatoms. The van der Waals surface area contributed by atoms with Crippen LogP contribution in [0.4, 0.5) is 5.69 Å². The van der Waals surface area contributed by atoms with Crippen LogP contribution in [0.1, 0.15) is 15.9 Å². The van der Waals surface area contributed by atoms with Crippen molar-refractivity contribution in [3.05, 3.63) is 45.5 Å². The van der Waals surface area contributed by atoms with E-state index in [1.807, 2.05) is 0 Å². The SMILES string of the molecule is NC(=O)C=Cc1c(C(=O)O)cccc1[N+](=O)[O-]. The molecule has 1 rings (SSSR count). The first-order valence-electron chi connectivity index (χ1n) is 4.41. The molecular formula is C10H8N2O5. The lowest BCUT2D eigenvalue weighted by atomic mass is 10.0. The first kappa shape index (κ1) is 12.4. The number of hydrogen-bond acceptors (Lipinski definition) is 4. The lowest BCUT2D eigenvalue weighted by Gasteiger charge is -2.01. The zero-order chi connectivity index (χ0) is 13.0. The van der Waals surface area contributed by atoms with Crippen LogP contribution in [0, 0.1) is 10.1 Å². The summed E-state index contributed by atoms with van der Waals surface area (Å²) in [5, 5.41) is 19.6. The minimum absolute atomic E-state index is 0.163. The second kappa shape index (κ2) is 4.88. The van der Waals surface area contributed by atoms with Crippen molar-refractivity contribution >= 4 is 23.6 Å². The molecule has 0 spiro atoms. The Morgan fingerprint density at radius 3 is 2.53 bits per heavy atom. The fourth-order valence-electron chi connectivity index (χ4n) is 1.24. The van der Waals surface area contributed by atoms with Crippen LogP contribution in [0.15, 0.2) is 24.3 Å². The molecule has 0 aromatic heterocycles. The van der Waals surface area contributed by atoms with Gasteiger partial charge < -0.3 is 10.8 Å². The molecule has 0 atom stereocenters. The number of aromatic carboxylic acids is 1. The van der Waals surface area contributed by atoms with E-state index in [9.17, 15) is 19.7 Å². The van der Waals surface area contributed by atoms with Crippen molar-refractivity contribution in [2.24, 2.45) is 5.73 Å². The van der Waals surface area contributed by atoms with E-state index < -0.39 is 22.5 Å². The topological polar surface area (TPSA) is 124 Å². The summed E-state index contributed by atoms with van der Waals surface area (Å²) in [7, 11) is 0. The number of rotatable bonds is 4. The van der Waals surface area contributed by atoms with E-state index in [0.717, 1.165) is 18.2 Å². The summed E-state index contributed by atoms with van der Waals surface area (Å²) >= 11 is 0. The molecule has 0 radical (unpaired) electrons. The van der Waals surface area contributed by atoms with Crippen molar-refractivity contribution in [1.29, 1.82) is 0 Å². The summed E-state index contributed by atoms with van der Waals surface area (Å²) in [6, 6.07) is 3.60. The quantitative estimate of drug-likeness (QED) is 0.454. The summed E-state index contributed by atoms with van der Waals surface area (Å²) in [6.45, 7) is 0. The third-order valence-electron chi connectivity index (χ3n) is 1.92. The van der Waals surface area contributed by atoms with Crippen molar-refractivity contribution in [2.75, 3.05) is 0 Å². The molecule has 0 saturated heterocycles. The smallest absolute Gasteiger partial charge is 0.336 e. The molecule has 0 aliphatic rings. The van der Waals surface area contributed by atoms with Crippen LogP contribution in [0.3, 0.4) is 0 Å². The van der Waals surface area contributed by atoms with Gasteiger partial charge in [0, 0.05) is 12.1 Å². The van der Waals surface area contributed by atoms with Gasteiger partial charge in [-0.1, -0.05) is 6.07 Å². The molecule has 1 aromatic carbocycles. The zero-order valence-corrected chi connectivity index (χ0v) is 8.49. The van der Waals surface area contributed by atoms with E-state index in [4.69, 9.17) is 10.8 Å². The van der Waals surface area contributed by atoms with Crippen LogP contribution in [-0.2, 0) is 4.79 Å². The predicted molar refractivity (Wildman–Crippen MR) is 58.3 cm³/mol. The standard InChI is InChI=1S/C10H8N2O5/c11-9(13)5-4-6-7(10(14)15)2-1-3-8(6)12(16)17/h1-5H,(H2,11,13)(H,14,15). The van der Waals surface area contributed by atoms with Gasteiger partial charge in [0.25, 0.3) is 5.69 Å². The highest BCUT2D eigenvalue weighted by Crippen LogP contribution is 2.23. The number of hydrogen-bond donors (Lipinski definition) is 2. The Morgan fingerprint density at radius 1 is 1.41 bits per heavy atom. The Bertz CT molecular complexity index is 489. The van der Waals surface area contributed by atoms with Gasteiger partial charge in [-0.2, -0.15) is 0 Å². The first-order chi connectivity index (χ1) is 7.93. The third-order valence-corrected chi connectivity index (χ3v) is 1.92. The molecule has 0 heterocycles. The average Bonchev–Trinajstić information content (AvgIpc) is 2.25. The van der Waals surface area contributed by atoms with E-state index >= 15 is 0 Å². The number of carbonyl (C=O) groups is 2. The third kappa shape index (κ3) is 2.88. The molecule has 17 heavy (non-hydrogen) atoms. The normalized spacial score (nSPS) is 10.4. The van der Waals surface area contributed by atoms with Gasteiger partial charge in [0.15, 0.2) is 0 Å². The Hall–Kier alpha value is -2.70. The molecule has 1 amide bonds. The van der Waals surface area contributed by atoms with Gasteiger partial charge in [0.05, 0.1) is 16.1 Å². The van der Waals surface area contributed by atoms with Gasteiger partial charge in [-0.15, -0.1) is 0 Å². The molecule has 0 unspecified atom stereocenters. The first-order valence-corrected chi connectivity index (χ1v) is 4.41. The molecule has 0 saturated carbocycles. The summed E-state index contributed by atoms with van der Waals surface area (Å²) in [5.74, 6) is -2.14. The van der Waals surface area contributed by atoms with Crippen LogP contribution in [-0.4, -0.2) is 21.9 Å². The van der Waals surface area contributed by atoms with E-state index in [2.05, 4.69) is 0 Å². The zero-order valence-electron chi connectivity index (χ0n) is 8.49. The number of carboxylic acids is 1. The van der Waals surface area contributed by atoms with Crippen LogP contribution < -0.4 is 5.73 Å². The highest BCUT2D eigenvalue weighted by atomic mass is 16.6. The Morgan fingerprint density at radius 2 is 2.06 bits per heavy atom. The van der Waals surface area contributed by atoms with Crippen molar-refractivity contribution in [3.8, 4) is 0 Å². The number of carboxylic acid groups (broad SMARTS) is 1. The number of benzene rings is 1. The number of nitrogens with zero attached hydrogens (tertiary/aromatic N) is 1. The Kier molecular flexibility index (Phi) is 3.55. The van der Waals surface area contributed by atoms with Crippen LogP contribution in [0.5, 0.6) is 0 Å². The van der Waals surface area contributed by atoms with E-state index in [-0.39, 0.29) is 11.1 Å². The number of nitro groups is 1. The number of amides is 1. The van der Waals surface area contributed by atoms with Gasteiger partial charge in [-0.05, 0) is 12.1 Å². The average molecular weight is 236 g/mol. The summed E-state index contributed by atoms with van der Waals surface area (Å²) in [5.41, 5.74) is 4.02. The second-order valence-electron chi connectivity index (χ2n) is 3.04. The molecule has 3 N–H and O–H groups in total. The molecule has 0 bridgehead atoms. The van der Waals surface area contributed by atoms with Gasteiger partial charge in [-0.25, -0.2) is 4.79 Å². The fraction of sp³-hybridized carbons (Fsp3) is 0. The number of carbonyl (C=O) groups excluding carboxylic acids is 1. The molecule has 1 aromatic rings. The largest absolute Gasteiger partial charge is 0.478 e. The highest BCUT2D eigenvalue weighted by Gasteiger charge is 2.18. The van der Waals surface area contributed by atoms with Crippen LogP contribution >= 0.6 is 0 Å². The molecule has 88 valence electrons. The van der Waals surface area contributed by atoms with Crippen molar-refractivity contribution < 1.29 is 19.6 Å². The highest BCUT2D eigenvalue weighted by molar-refractivity contribution is 5.97. The predicted octanol–water partition coefficient (Wildman–Crippen LogP) is 0.792. The maximum absolute atomic E-state index is 10.9. The molecule has 0 fully saturated rings. The molecule has 0 aliphatic carbocycles. The Balaban J connectivity index is 3.43. The van der Waals surface area contributed by atoms with Gasteiger partial charge >= 0.3 is 5.97 Å².